The molecular weight excluding hydrogens is 1750 g/mol. The number of hydrogen-bond donors (Lipinski definition) is 0. The molecule has 0 unspecified atom stereocenters. The Labute approximate surface area is 848 Å². The topological polar surface area (TPSA) is 12.9 Å². The van der Waals surface area contributed by atoms with E-state index in [-0.39, 0.29) is 150 Å². The summed E-state index contributed by atoms with van der Waals surface area (Å²) >= 11 is 0. The van der Waals surface area contributed by atoms with Crippen LogP contribution in [0.15, 0.2) is 382 Å². The van der Waals surface area contributed by atoms with E-state index in [2.05, 4.69) is 389 Å². The molecule has 16 aromatic rings. The fourth-order valence-corrected chi connectivity index (χ4v) is 10.6. The number of aryl methyl sites for hydroxylation is 20. The van der Waals surface area contributed by atoms with Gasteiger partial charge in [0.25, 0.3) is 0 Å². The molecule has 3 radical (unpaired) electrons. The number of pyridine rings is 1. The van der Waals surface area contributed by atoms with Crippen LogP contribution in [-0.2, 0) is 98.1 Å². The monoisotopic (exact) mass is 1900 g/mol. The maximum atomic E-state index is 3.98. The minimum atomic E-state index is 0. The third-order valence-corrected chi connectivity index (χ3v) is 17.4. The molecule has 4 heteroatoms. The molecule has 0 saturated heterocycles. The summed E-state index contributed by atoms with van der Waals surface area (Å²) in [5.74, 6) is 0. The summed E-state index contributed by atoms with van der Waals surface area (Å²) in [4.78, 5) is 3.98. The average molecular weight is 1900 g/mol. The molecule has 0 aliphatic rings. The Morgan fingerprint density at radius 3 is 0.635 bits per heavy atom. The predicted octanol–water partition coefficient (Wildman–Crippen LogP) is 35.7. The Kier molecular flexibility index (Phi) is 81.6. The Hall–Kier alpha value is -9.24. The minimum absolute atomic E-state index is 0. The number of aromatic nitrogens is 1. The van der Waals surface area contributed by atoms with E-state index < -0.39 is 0 Å². The zero-order chi connectivity index (χ0) is 84.5. The first-order chi connectivity index (χ1) is 55.8. The van der Waals surface area contributed by atoms with Crippen molar-refractivity contribution in [2.75, 3.05) is 0 Å². The van der Waals surface area contributed by atoms with Gasteiger partial charge in [0.05, 0.1) is 0 Å². The largest absolute Gasteiger partial charge is 0.264 e. The second-order valence-corrected chi connectivity index (χ2v) is 28.9. The summed E-state index contributed by atoms with van der Waals surface area (Å²) in [6.07, 6.45) is 3.71. The van der Waals surface area contributed by atoms with Crippen molar-refractivity contribution >= 4 is 0 Å². The minimum Gasteiger partial charge on any atom is -0.264 e. The SMILES string of the molecule is C.C.C.C.C.C.C.Cc1[c-]cccc1.Cc1[c-]cccc1.Cc1c[c-]ccc1.Cc1c[c-]ccc1.Cc1cc[c-]cc1.Cc1cc[c-]cc1.Cc1ccc(-c2ccc(C)cc2)cc1.Cc1ccc(C)cc1.Cc1cccc(-c2cccc(C)c2)c1.Cc1cccc(C)c1.Cc1ccccc1-c1ccccc1C.Cc1ccccc1C.Cc1cncc(C)c1.[Y].[Y].[Y]. The quantitative estimate of drug-likeness (QED) is 0.161. The van der Waals surface area contributed by atoms with Crippen LogP contribution in [0.5, 0.6) is 0 Å². The van der Waals surface area contributed by atoms with Gasteiger partial charge >= 0.3 is 0 Å². The molecule has 0 spiro atoms. The summed E-state index contributed by atoms with van der Waals surface area (Å²) in [7, 11) is 0. The van der Waals surface area contributed by atoms with Crippen molar-refractivity contribution < 1.29 is 98.1 Å². The summed E-state index contributed by atoms with van der Waals surface area (Å²) in [5.41, 5.74) is 33.8. The molecule has 0 bridgehead atoms. The number of nitrogens with zero attached hydrogens (tertiary/aromatic N) is 1. The van der Waals surface area contributed by atoms with Crippen LogP contribution in [0.3, 0.4) is 0 Å². The van der Waals surface area contributed by atoms with Crippen molar-refractivity contribution in [1.29, 1.82) is 0 Å². The number of benzene rings is 15. The van der Waals surface area contributed by atoms with E-state index >= 15 is 0 Å². The Balaban J connectivity index is -0.000000244. The first-order valence-corrected chi connectivity index (χ1v) is 39.8. The molecule has 1 nitrogen and oxygen atoms in total. The second kappa shape index (κ2) is 79.2. The Morgan fingerprint density at radius 2 is 0.437 bits per heavy atom. The number of rotatable bonds is 3. The summed E-state index contributed by atoms with van der Waals surface area (Å²) < 4.78 is 0. The third kappa shape index (κ3) is 62.8. The van der Waals surface area contributed by atoms with Crippen LogP contribution in [0, 0.1) is 175 Å². The van der Waals surface area contributed by atoms with E-state index in [4.69, 9.17) is 0 Å². The van der Waals surface area contributed by atoms with Crippen LogP contribution in [0.1, 0.15) is 163 Å². The van der Waals surface area contributed by atoms with Gasteiger partial charge in [0, 0.05) is 111 Å². The van der Waals surface area contributed by atoms with Crippen LogP contribution in [0.2, 0.25) is 0 Å². The first kappa shape index (κ1) is 130. The van der Waals surface area contributed by atoms with E-state index in [1.54, 1.807) is 0 Å². The molecule has 16 rings (SSSR count). The van der Waals surface area contributed by atoms with Crippen molar-refractivity contribution in [1.82, 2.24) is 4.98 Å². The van der Waals surface area contributed by atoms with Gasteiger partial charge in [-0.15, -0.1) is 0 Å². The molecule has 0 N–H and O–H groups in total. The molecule has 659 valence electrons. The van der Waals surface area contributed by atoms with Crippen LogP contribution in [0.25, 0.3) is 33.4 Å². The van der Waals surface area contributed by atoms with Gasteiger partial charge < -0.3 is 0 Å². The van der Waals surface area contributed by atoms with Gasteiger partial charge in [-0.05, 0) is 164 Å². The molecule has 0 saturated carbocycles. The Bertz CT molecular complexity index is 4620. The first-order valence-electron chi connectivity index (χ1n) is 39.8. The van der Waals surface area contributed by atoms with Gasteiger partial charge in [0.1, 0.15) is 0 Å². The van der Waals surface area contributed by atoms with E-state index in [1.165, 1.54) is 145 Å². The van der Waals surface area contributed by atoms with Crippen molar-refractivity contribution in [2.45, 2.75) is 190 Å². The molecule has 0 aliphatic carbocycles. The third-order valence-electron chi connectivity index (χ3n) is 17.4. The van der Waals surface area contributed by atoms with Crippen LogP contribution in [0.4, 0.5) is 0 Å². The van der Waals surface area contributed by atoms with Crippen molar-refractivity contribution in [3.05, 3.63) is 530 Å². The maximum Gasteiger partial charge on any atom is 0.0297 e. The van der Waals surface area contributed by atoms with Crippen LogP contribution < -0.4 is 0 Å². The van der Waals surface area contributed by atoms with Gasteiger partial charge in [-0.25, -0.2) is 0 Å². The fraction of sp³-hybridized carbons (Fsp3) is 0.221. The van der Waals surface area contributed by atoms with Gasteiger partial charge in [-0.3, -0.25) is 4.98 Å². The summed E-state index contributed by atoms with van der Waals surface area (Å²) in [6.45, 7) is 41.8. The van der Waals surface area contributed by atoms with Gasteiger partial charge in [-0.2, -0.15) is 215 Å². The van der Waals surface area contributed by atoms with E-state index in [0.717, 1.165) is 0 Å². The maximum absolute atomic E-state index is 3.98. The Morgan fingerprint density at radius 1 is 0.175 bits per heavy atom. The number of hydrogen-bond acceptors (Lipinski definition) is 1. The van der Waals surface area contributed by atoms with Crippen molar-refractivity contribution in [3.8, 4) is 33.4 Å². The second-order valence-electron chi connectivity index (χ2n) is 28.9. The van der Waals surface area contributed by atoms with Crippen LogP contribution >= 0.6 is 0 Å². The van der Waals surface area contributed by atoms with E-state index in [0.29, 0.717) is 0 Å². The van der Waals surface area contributed by atoms with Crippen LogP contribution in [-0.4, -0.2) is 4.98 Å². The summed E-state index contributed by atoms with van der Waals surface area (Å²) in [5, 5.41) is 0. The van der Waals surface area contributed by atoms with Crippen molar-refractivity contribution in [3.63, 3.8) is 0 Å². The van der Waals surface area contributed by atoms with E-state index in [9.17, 15) is 0 Å². The predicted molar refractivity (Wildman–Crippen MR) is 553 cm³/mol. The van der Waals surface area contributed by atoms with Gasteiger partial charge in [0.15, 0.2) is 0 Å². The summed E-state index contributed by atoms with van der Waals surface area (Å²) in [6, 6.07) is 144. The molecule has 0 atom stereocenters. The van der Waals surface area contributed by atoms with E-state index in [1.807, 2.05) is 174 Å². The fourth-order valence-electron chi connectivity index (χ4n) is 10.6. The zero-order valence-electron chi connectivity index (χ0n) is 74.6. The van der Waals surface area contributed by atoms with Crippen molar-refractivity contribution in [2.24, 2.45) is 0 Å². The molecule has 0 amide bonds. The molecule has 126 heavy (non-hydrogen) atoms. The standard InChI is InChI=1S/3C14H14.3C8H10.C7H9N.6C7H7.7CH4.3Y/c1-11-3-7-13(8-4-11)14-9-5-12(2)6-10-14;1-11-5-3-7-13(9-11)14-8-4-6-12(2)10-14;1-11-7-3-5-9-13(11)14-10-6-4-8-12(14)2;1-7-3-5-8(2)6-4-7;1-7-4-3-5-8(2)6-7;1-7-5-3-4-6-8(7)2;1-6-3-7(2)5-8-4-6;6*1-7-5-3-2-4-6-7;;;;;;;;;;/h3*3-10H,1-2H3;3*3-6H,1-2H3;3-5H,1-2H3;2*3-6H,1H3;2*2-3,5-6H,1H3;2*2-5H,1H3;7*1H4;;;/q;;;;;;;6*-1;;;;;;;;;;. The average Bonchev–Trinajstić information content (AvgIpc) is 0.832. The zero-order valence-corrected chi connectivity index (χ0v) is 83.1. The smallest absolute Gasteiger partial charge is 0.0297 e. The molecule has 0 fully saturated rings. The molecular formula is C122H151NY3-6. The molecule has 0 aliphatic heterocycles. The molecule has 15 aromatic carbocycles. The molecule has 1 heterocycles. The van der Waals surface area contributed by atoms with Gasteiger partial charge in [-0.1, -0.05) is 362 Å². The molecule has 1 aromatic heterocycles. The normalized spacial score (nSPS) is 8.63. The van der Waals surface area contributed by atoms with Gasteiger partial charge in [0.2, 0.25) is 0 Å².